The van der Waals surface area contributed by atoms with Crippen molar-refractivity contribution in [3.8, 4) is 86.5 Å². The molecule has 5 aliphatic carbocycles. The smallest absolute Gasteiger partial charge is 0.420 e. The lowest BCUT2D eigenvalue weighted by atomic mass is 9.44. The number of rotatable bonds is 10. The molecule has 4 heterocycles. The number of benzene rings is 7. The summed E-state index contributed by atoms with van der Waals surface area (Å²) in [6.45, 7) is 42.4. The first kappa shape index (κ1) is 70.2. The Hall–Kier alpha value is -8.14. The quantitative estimate of drug-likeness (QED) is 0.129. The van der Waals surface area contributed by atoms with E-state index in [0.29, 0.717) is 77.5 Å². The maximum absolute atomic E-state index is 17.9. The van der Waals surface area contributed by atoms with E-state index in [1.165, 1.54) is 12.1 Å². The molecule has 1 spiro atoms. The largest absolute Gasteiger partial charge is 0.485 e. The highest BCUT2D eigenvalue weighted by Gasteiger charge is 2.77. The van der Waals surface area contributed by atoms with E-state index in [4.69, 9.17) is 33.2 Å². The first-order valence-electron chi connectivity index (χ1n) is 38.0. The van der Waals surface area contributed by atoms with Crippen LogP contribution in [0.4, 0.5) is 13.2 Å². The lowest BCUT2D eigenvalue weighted by Gasteiger charge is -2.58. The molecule has 11 nitrogen and oxygen atoms in total. The number of hydrogen-bond acceptors (Lipinski definition) is 11. The Morgan fingerprint density at radius 3 is 1.33 bits per heavy atom. The molecule has 0 radical (unpaired) electrons. The van der Waals surface area contributed by atoms with Crippen LogP contribution in [0.3, 0.4) is 0 Å². The predicted molar refractivity (Wildman–Crippen MR) is 397 cm³/mol. The van der Waals surface area contributed by atoms with Crippen molar-refractivity contribution in [2.45, 2.75) is 297 Å². The summed E-state index contributed by atoms with van der Waals surface area (Å²) in [5.41, 5.74) is -0.296. The van der Waals surface area contributed by atoms with Crippen LogP contribution in [0.2, 0.25) is 0 Å². The summed E-state index contributed by atoms with van der Waals surface area (Å²) in [5.74, 6) is 1.91. The van der Waals surface area contributed by atoms with Gasteiger partial charge in [-0.3, -0.25) is 0 Å². The van der Waals surface area contributed by atoms with Gasteiger partial charge in [0.05, 0.1) is 10.3 Å². The van der Waals surface area contributed by atoms with E-state index in [1.807, 2.05) is 45.9 Å². The minimum absolute atomic E-state index is 0.0145. The Kier molecular flexibility index (Phi) is 14.6. The van der Waals surface area contributed by atoms with E-state index in [1.54, 1.807) is 24.3 Å². The average Bonchev–Trinajstić information content (AvgIpc) is 1.45. The number of hydrogen-bond donors (Lipinski definition) is 0. The summed E-state index contributed by atoms with van der Waals surface area (Å²) in [5, 5.41) is 22.2. The van der Waals surface area contributed by atoms with E-state index in [-0.39, 0.29) is 69.6 Å². The van der Waals surface area contributed by atoms with Crippen LogP contribution < -0.4 is 33.2 Å². The molecule has 0 aromatic heterocycles. The van der Waals surface area contributed by atoms with Gasteiger partial charge in [0.25, 0.3) is 0 Å². The second-order valence-electron chi connectivity index (χ2n) is 35.2. The topological polar surface area (TPSA) is 146 Å². The molecule has 9 aliphatic rings. The van der Waals surface area contributed by atoms with Crippen molar-refractivity contribution in [1.82, 2.24) is 0 Å². The molecule has 544 valence electrons. The highest BCUT2D eigenvalue weighted by Crippen LogP contribution is 2.78. The maximum Gasteiger partial charge on any atom is 0.420 e. The molecule has 0 bridgehead atoms. The summed E-state index contributed by atoms with van der Waals surface area (Å²) >= 11 is 0. The molecule has 104 heavy (non-hydrogen) atoms. The summed E-state index contributed by atoms with van der Waals surface area (Å²) in [7, 11) is -4.88. The van der Waals surface area contributed by atoms with Gasteiger partial charge in [-0.25, -0.2) is 8.42 Å². The number of halogens is 3. The van der Waals surface area contributed by atoms with Gasteiger partial charge in [-0.05, 0) is 240 Å². The zero-order valence-electron chi connectivity index (χ0n) is 64.1. The van der Waals surface area contributed by atoms with E-state index >= 15 is 21.6 Å². The van der Waals surface area contributed by atoms with Gasteiger partial charge in [0.15, 0.2) is 57.5 Å². The minimum Gasteiger partial charge on any atom is -0.485 e. The summed E-state index contributed by atoms with van der Waals surface area (Å²) in [6.07, 6.45) is 1.04. The zero-order chi connectivity index (χ0) is 74.8. The normalized spacial score (nSPS) is 28.2. The van der Waals surface area contributed by atoms with Crippen LogP contribution in [0.15, 0.2) is 88.7 Å². The highest BCUT2D eigenvalue weighted by molar-refractivity contribution is 7.91. The Balaban J connectivity index is 0.941. The summed E-state index contributed by atoms with van der Waals surface area (Å²) in [4.78, 5) is -0.484. The van der Waals surface area contributed by atoms with Gasteiger partial charge >= 0.3 is 6.18 Å². The maximum atomic E-state index is 17.9. The van der Waals surface area contributed by atoms with Gasteiger partial charge in [-0.2, -0.15) is 23.7 Å². The van der Waals surface area contributed by atoms with Crippen LogP contribution in [0.1, 0.15) is 293 Å². The molecule has 0 N–H and O–H groups in total. The Bertz CT molecular complexity index is 5210. The van der Waals surface area contributed by atoms with Crippen LogP contribution in [-0.2, 0) is 64.7 Å². The Labute approximate surface area is 612 Å². The van der Waals surface area contributed by atoms with Crippen molar-refractivity contribution in [2.24, 2.45) is 0 Å². The van der Waals surface area contributed by atoms with Crippen LogP contribution in [0.25, 0.3) is 11.1 Å². The van der Waals surface area contributed by atoms with E-state index in [0.717, 1.165) is 74.9 Å². The van der Waals surface area contributed by atoms with E-state index < -0.39 is 98.6 Å². The number of nitriles is 2. The molecule has 7 atom stereocenters. The first-order valence-corrected chi connectivity index (χ1v) is 39.5. The number of nitrogens with zero attached hydrogens (tertiary/aromatic N) is 2. The van der Waals surface area contributed by atoms with Crippen molar-refractivity contribution in [3.05, 3.63) is 157 Å². The molecule has 4 aliphatic heterocycles. The fourth-order valence-corrected chi connectivity index (χ4v) is 24.4. The minimum atomic E-state index is -5.16. The molecule has 7 aromatic carbocycles. The number of alkyl halides is 3. The number of sulfone groups is 1. The van der Waals surface area contributed by atoms with Crippen molar-refractivity contribution < 1.29 is 54.7 Å². The molecule has 16 rings (SSSR count). The van der Waals surface area contributed by atoms with Crippen molar-refractivity contribution in [1.29, 1.82) is 10.5 Å². The van der Waals surface area contributed by atoms with Gasteiger partial charge in [-0.1, -0.05) is 143 Å². The van der Waals surface area contributed by atoms with E-state index in [9.17, 15) is 10.5 Å². The van der Waals surface area contributed by atoms with Crippen LogP contribution in [0.5, 0.6) is 63.2 Å². The SMILES string of the molecule is CCC1(C)Oc2cc3c(cc2OC1(C)CC)C(C)(C)CCC(C)(C)c1cc2c(cc1-3)Oc1c(c(S(=O)(=O)c3ccccc3)c3c(c1C(F)(F)F)C(CC)(CC)C1(CC)Oc4cc5c(cc4C31CC)C1(CC(C)(C)c3cc4c(cc31)Oc1c(C#N)c3c(c(C#N)c1O4)C(C)(CC)C3(C)CC)CC5(C)C)O2. The number of fused-ring (bicyclic) bond motifs is 18. The van der Waals surface area contributed by atoms with Crippen molar-refractivity contribution >= 4 is 9.84 Å². The molecular formula is C89H97F3N2O9S. The molecular weight excluding hydrogens is 1330 g/mol. The predicted octanol–water partition coefficient (Wildman–Crippen LogP) is 23.5. The van der Waals surface area contributed by atoms with Crippen molar-refractivity contribution in [3.63, 3.8) is 0 Å². The highest BCUT2D eigenvalue weighted by atomic mass is 32.2. The van der Waals surface area contributed by atoms with Crippen LogP contribution in [-0.4, -0.2) is 25.2 Å². The average molecular weight is 1430 g/mol. The zero-order valence-corrected chi connectivity index (χ0v) is 64.9. The van der Waals surface area contributed by atoms with Gasteiger partial charge in [0, 0.05) is 27.2 Å². The monoisotopic (exact) mass is 1430 g/mol. The Morgan fingerprint density at radius 2 is 0.865 bits per heavy atom. The Morgan fingerprint density at radius 1 is 0.433 bits per heavy atom. The lowest BCUT2D eigenvalue weighted by Crippen LogP contribution is -2.59. The third-order valence-electron chi connectivity index (χ3n) is 29.1. The summed E-state index contributed by atoms with van der Waals surface area (Å²) in [6, 6.07) is 29.3. The van der Waals surface area contributed by atoms with Crippen molar-refractivity contribution in [2.75, 3.05) is 0 Å². The molecule has 7 aromatic rings. The van der Waals surface area contributed by atoms with Gasteiger partial charge in [-0.15, -0.1) is 0 Å². The van der Waals surface area contributed by atoms with E-state index in [2.05, 4.69) is 147 Å². The third-order valence-corrected chi connectivity index (χ3v) is 31.0. The molecule has 7 unspecified atom stereocenters. The third kappa shape index (κ3) is 8.22. The fourth-order valence-electron chi connectivity index (χ4n) is 22.8. The second kappa shape index (κ2) is 21.6. The summed E-state index contributed by atoms with van der Waals surface area (Å²) < 4.78 is 138. The van der Waals surface area contributed by atoms with Crippen LogP contribution >= 0.6 is 0 Å². The molecule has 0 amide bonds. The van der Waals surface area contributed by atoms with Gasteiger partial charge in [0.1, 0.15) is 56.3 Å². The lowest BCUT2D eigenvalue weighted by molar-refractivity contribution is -0.141. The second-order valence-corrected chi connectivity index (χ2v) is 37.1. The van der Waals surface area contributed by atoms with Gasteiger partial charge in [0.2, 0.25) is 9.84 Å². The molecule has 0 saturated heterocycles. The van der Waals surface area contributed by atoms with Gasteiger partial charge < -0.3 is 33.2 Å². The number of ether oxygens (including phenoxy) is 7. The molecule has 15 heteroatoms. The molecule has 0 saturated carbocycles. The standard InChI is InChI=1S/C89H97F3N2O9S/c1-21-81(17)67-51(44-93)72-73(52(45-94)68(67)82(81,18)22-2)98-64-43-58-56(42-63(64)97-72)80(15,16)47-85(58)46-79(13,14)55-41-60-59(38-57(55)85)87(27-7)71-69(86(25-5,26-6)88(87,28-8)103-60)70(89(90,91)92)74-75(76(71)104(95,96)48-32-30-29-31-33-48)100-62-39-53-49(36-61(62)99-74)50-37-65-66(102-84(20,24-4)83(19,23-3)101-65)40-54(50)78(11,12)35-34-77(53,9)10/h29-33,36-43H,21-28,34-35,46-47H2,1-20H3. The first-order chi connectivity index (χ1) is 48.8. The fraction of sp³-hybridized carbons (Fsp3) is 0.506. The van der Waals surface area contributed by atoms with Crippen LogP contribution in [0, 0.1) is 22.7 Å². The molecule has 0 fully saturated rings.